The highest BCUT2D eigenvalue weighted by molar-refractivity contribution is 6.29. The number of amides is 1. The Morgan fingerprint density at radius 1 is 1.23 bits per heavy atom. The molecule has 1 unspecified atom stereocenters. The lowest BCUT2D eigenvalue weighted by atomic mass is 10.2. The van der Waals surface area contributed by atoms with Crippen molar-refractivity contribution < 1.29 is 18.0 Å². The minimum Gasteiger partial charge on any atom is -0.351 e. The van der Waals surface area contributed by atoms with Crippen LogP contribution < -0.4 is 10.2 Å². The molecule has 1 aromatic carbocycles. The van der Waals surface area contributed by atoms with Gasteiger partial charge in [-0.3, -0.25) is 4.79 Å². The van der Waals surface area contributed by atoms with Gasteiger partial charge in [0.25, 0.3) is 0 Å². The fourth-order valence-electron chi connectivity index (χ4n) is 3.49. The number of pyridine rings is 1. The molecular weight excluding hydrogens is 419 g/mol. The Bertz CT molecular complexity index is 1110. The maximum Gasteiger partial charge on any atom is 0.416 e. The summed E-state index contributed by atoms with van der Waals surface area (Å²) in [7, 11) is 0. The van der Waals surface area contributed by atoms with E-state index in [4.69, 9.17) is 11.6 Å². The molecule has 0 bridgehead atoms. The highest BCUT2D eigenvalue weighted by Crippen LogP contribution is 2.32. The molecule has 1 fully saturated rings. The number of hydrogen-bond acceptors (Lipinski definition) is 4. The minimum absolute atomic E-state index is 0.0686. The maximum absolute atomic E-state index is 12.9. The molecule has 0 saturated carbocycles. The quantitative estimate of drug-likeness (QED) is 0.497. The standard InChI is InChI=1S/C20H17ClF3N5O/c1-2-17(30)25-13-9-10-28(11-13)19-18-15(7-8-16(21)26-18)29(27-19)14-5-3-12(4-6-14)20(22,23)24/h2-8,13H,1,9-11H2,(H,25,30). The molecule has 10 heteroatoms. The van der Waals surface area contributed by atoms with E-state index < -0.39 is 11.7 Å². The number of carbonyl (C=O) groups is 1. The van der Waals surface area contributed by atoms with Gasteiger partial charge in [-0.25, -0.2) is 9.67 Å². The van der Waals surface area contributed by atoms with Gasteiger partial charge >= 0.3 is 6.18 Å². The molecular formula is C20H17ClF3N5O. The van der Waals surface area contributed by atoms with Crippen LogP contribution in [0.2, 0.25) is 5.15 Å². The van der Waals surface area contributed by atoms with Gasteiger partial charge in [0, 0.05) is 19.1 Å². The highest BCUT2D eigenvalue weighted by atomic mass is 35.5. The van der Waals surface area contributed by atoms with Crippen molar-refractivity contribution in [2.24, 2.45) is 0 Å². The second kappa shape index (κ2) is 7.64. The lowest BCUT2D eigenvalue weighted by Gasteiger charge is -2.16. The number of aromatic nitrogens is 3. The average Bonchev–Trinajstić information content (AvgIpc) is 3.31. The van der Waals surface area contributed by atoms with Crippen LogP contribution in [0.15, 0.2) is 49.1 Å². The fourth-order valence-corrected chi connectivity index (χ4v) is 3.64. The summed E-state index contributed by atoms with van der Waals surface area (Å²) in [6.07, 6.45) is -2.47. The zero-order chi connectivity index (χ0) is 21.5. The molecule has 0 spiro atoms. The largest absolute Gasteiger partial charge is 0.416 e. The second-order valence-electron chi connectivity index (χ2n) is 6.93. The average molecular weight is 436 g/mol. The van der Waals surface area contributed by atoms with Gasteiger partial charge in [0.1, 0.15) is 10.7 Å². The van der Waals surface area contributed by atoms with E-state index in [0.717, 1.165) is 18.6 Å². The van der Waals surface area contributed by atoms with Crippen molar-refractivity contribution in [3.8, 4) is 5.69 Å². The first kappa shape index (κ1) is 20.2. The number of halogens is 4. The normalized spacial score (nSPS) is 16.8. The Hall–Kier alpha value is -3.07. The van der Waals surface area contributed by atoms with Gasteiger partial charge in [0.2, 0.25) is 5.91 Å². The molecule has 30 heavy (non-hydrogen) atoms. The van der Waals surface area contributed by atoms with E-state index in [9.17, 15) is 18.0 Å². The van der Waals surface area contributed by atoms with Crippen LogP contribution in [0.5, 0.6) is 0 Å². The van der Waals surface area contributed by atoms with Crippen molar-refractivity contribution in [2.45, 2.75) is 18.6 Å². The van der Waals surface area contributed by atoms with E-state index in [2.05, 4.69) is 22.0 Å². The van der Waals surface area contributed by atoms with E-state index >= 15 is 0 Å². The SMILES string of the molecule is C=CC(=O)NC1CCN(c2nn(-c3ccc(C(F)(F)F)cc3)c3ccc(Cl)nc23)C1. The van der Waals surface area contributed by atoms with Crippen molar-refractivity contribution in [1.29, 1.82) is 0 Å². The molecule has 6 nitrogen and oxygen atoms in total. The summed E-state index contributed by atoms with van der Waals surface area (Å²) in [5.74, 6) is 0.311. The number of nitrogens with zero attached hydrogens (tertiary/aromatic N) is 4. The summed E-state index contributed by atoms with van der Waals surface area (Å²) >= 11 is 6.08. The summed E-state index contributed by atoms with van der Waals surface area (Å²) in [4.78, 5) is 17.9. The Balaban J connectivity index is 1.71. The number of rotatable bonds is 4. The van der Waals surface area contributed by atoms with Gasteiger partial charge < -0.3 is 10.2 Å². The molecule has 1 N–H and O–H groups in total. The number of hydrogen-bond donors (Lipinski definition) is 1. The summed E-state index contributed by atoms with van der Waals surface area (Å²) in [6.45, 7) is 4.61. The Morgan fingerprint density at radius 2 is 1.97 bits per heavy atom. The lowest BCUT2D eigenvalue weighted by molar-refractivity contribution is -0.137. The van der Waals surface area contributed by atoms with Gasteiger partial charge in [-0.05, 0) is 48.9 Å². The molecule has 4 rings (SSSR count). The first-order valence-electron chi connectivity index (χ1n) is 9.17. The summed E-state index contributed by atoms with van der Waals surface area (Å²) in [6, 6.07) is 8.03. The van der Waals surface area contributed by atoms with E-state index in [1.54, 1.807) is 16.8 Å². The van der Waals surface area contributed by atoms with Crippen LogP contribution in [0.25, 0.3) is 16.7 Å². The number of benzene rings is 1. The fraction of sp³-hybridized carbons (Fsp3) is 0.250. The van der Waals surface area contributed by atoms with Crippen molar-refractivity contribution in [3.05, 3.63) is 59.8 Å². The first-order chi connectivity index (χ1) is 14.3. The van der Waals surface area contributed by atoms with Crippen LogP contribution >= 0.6 is 11.6 Å². The monoisotopic (exact) mass is 435 g/mol. The summed E-state index contributed by atoms with van der Waals surface area (Å²) < 4.78 is 40.2. The number of alkyl halides is 3. The van der Waals surface area contributed by atoms with Crippen LogP contribution in [0, 0.1) is 0 Å². The molecule has 1 atom stereocenters. The molecule has 1 saturated heterocycles. The molecule has 1 amide bonds. The molecule has 2 aromatic heterocycles. The zero-order valence-electron chi connectivity index (χ0n) is 15.7. The highest BCUT2D eigenvalue weighted by Gasteiger charge is 2.31. The third-order valence-electron chi connectivity index (χ3n) is 4.93. The molecule has 1 aliphatic heterocycles. The third-order valence-corrected chi connectivity index (χ3v) is 5.14. The van der Waals surface area contributed by atoms with E-state index in [0.29, 0.717) is 35.6 Å². The smallest absolute Gasteiger partial charge is 0.351 e. The molecule has 156 valence electrons. The summed E-state index contributed by atoms with van der Waals surface area (Å²) in [5.41, 5.74) is 0.898. The van der Waals surface area contributed by atoms with Crippen molar-refractivity contribution in [2.75, 3.05) is 18.0 Å². The van der Waals surface area contributed by atoms with Gasteiger partial charge in [-0.1, -0.05) is 18.2 Å². The number of carbonyl (C=O) groups excluding carboxylic acids is 1. The van der Waals surface area contributed by atoms with Crippen LogP contribution in [0.1, 0.15) is 12.0 Å². The predicted octanol–water partition coefficient (Wildman–Crippen LogP) is 3.97. The van der Waals surface area contributed by atoms with Crippen LogP contribution in [0.4, 0.5) is 19.0 Å². The van der Waals surface area contributed by atoms with E-state index in [1.807, 2.05) is 4.90 Å². The van der Waals surface area contributed by atoms with Gasteiger partial charge in [-0.15, -0.1) is 5.10 Å². The van der Waals surface area contributed by atoms with Crippen LogP contribution in [0.3, 0.4) is 0 Å². The van der Waals surface area contributed by atoms with Crippen molar-refractivity contribution >= 4 is 34.4 Å². The Labute approximate surface area is 174 Å². The predicted molar refractivity (Wildman–Crippen MR) is 108 cm³/mol. The second-order valence-corrected chi connectivity index (χ2v) is 7.31. The molecule has 3 aromatic rings. The number of nitrogens with one attached hydrogen (secondary N) is 1. The molecule has 0 aliphatic carbocycles. The Kier molecular flexibility index (Phi) is 5.15. The third kappa shape index (κ3) is 3.85. The molecule has 1 aliphatic rings. The van der Waals surface area contributed by atoms with Gasteiger partial charge in [-0.2, -0.15) is 13.2 Å². The number of fused-ring (bicyclic) bond motifs is 1. The van der Waals surface area contributed by atoms with Gasteiger partial charge in [0.05, 0.1) is 16.8 Å². The maximum atomic E-state index is 12.9. The van der Waals surface area contributed by atoms with E-state index in [1.165, 1.54) is 18.2 Å². The minimum atomic E-state index is -4.41. The Morgan fingerprint density at radius 3 is 2.63 bits per heavy atom. The van der Waals surface area contributed by atoms with Gasteiger partial charge in [0.15, 0.2) is 5.82 Å². The topological polar surface area (TPSA) is 63.1 Å². The lowest BCUT2D eigenvalue weighted by Crippen LogP contribution is -2.36. The molecule has 0 radical (unpaired) electrons. The van der Waals surface area contributed by atoms with Crippen LogP contribution in [-0.4, -0.2) is 39.8 Å². The van der Waals surface area contributed by atoms with Crippen LogP contribution in [-0.2, 0) is 11.0 Å². The number of anilines is 1. The summed E-state index contributed by atoms with van der Waals surface area (Å²) in [5, 5.41) is 7.76. The van der Waals surface area contributed by atoms with Crippen molar-refractivity contribution in [3.63, 3.8) is 0 Å². The zero-order valence-corrected chi connectivity index (χ0v) is 16.4. The van der Waals surface area contributed by atoms with Crippen molar-refractivity contribution in [1.82, 2.24) is 20.1 Å². The van der Waals surface area contributed by atoms with E-state index in [-0.39, 0.29) is 17.1 Å². The molecule has 3 heterocycles. The first-order valence-corrected chi connectivity index (χ1v) is 9.55.